The second kappa shape index (κ2) is 6.58. The smallest absolute Gasteiger partial charge is 0.119 e. The number of hydrogen-bond acceptors (Lipinski definition) is 4. The van der Waals surface area contributed by atoms with Crippen LogP contribution in [0, 0.1) is 0 Å². The highest BCUT2D eigenvalue weighted by molar-refractivity contribution is 7.09. The molecular formula is C17H24N2OS. The molecule has 0 amide bonds. The Labute approximate surface area is 131 Å². The summed E-state index contributed by atoms with van der Waals surface area (Å²) in [5.74, 6) is 0.873. The SMILES string of the molecule is CCCOc1cccc(C(N)c2nc(C(C)(C)C)cs2)c1. The van der Waals surface area contributed by atoms with Gasteiger partial charge in [-0.3, -0.25) is 0 Å². The zero-order chi connectivity index (χ0) is 15.5. The van der Waals surface area contributed by atoms with Crippen LogP contribution >= 0.6 is 11.3 Å². The fourth-order valence-electron chi connectivity index (χ4n) is 1.94. The molecule has 0 spiro atoms. The van der Waals surface area contributed by atoms with Crippen molar-refractivity contribution >= 4 is 11.3 Å². The van der Waals surface area contributed by atoms with Gasteiger partial charge in [0.2, 0.25) is 0 Å². The maximum atomic E-state index is 6.36. The maximum absolute atomic E-state index is 6.36. The summed E-state index contributed by atoms with van der Waals surface area (Å²) in [7, 11) is 0. The Morgan fingerprint density at radius 2 is 2.10 bits per heavy atom. The Bertz CT molecular complexity index is 586. The standard InChI is InChI=1S/C17H24N2OS/c1-5-9-20-13-8-6-7-12(10-13)15(18)16-19-14(11-21-16)17(2,3)4/h6-8,10-11,15H,5,9,18H2,1-4H3. The summed E-state index contributed by atoms with van der Waals surface area (Å²) in [5.41, 5.74) is 8.55. The van der Waals surface area contributed by atoms with Crippen molar-refractivity contribution in [3.8, 4) is 5.75 Å². The fourth-order valence-corrected chi connectivity index (χ4v) is 3.01. The van der Waals surface area contributed by atoms with Crippen molar-refractivity contribution in [2.24, 2.45) is 5.73 Å². The van der Waals surface area contributed by atoms with Gasteiger partial charge in [-0.1, -0.05) is 39.8 Å². The molecule has 21 heavy (non-hydrogen) atoms. The normalized spacial score (nSPS) is 13.2. The highest BCUT2D eigenvalue weighted by Crippen LogP contribution is 2.29. The van der Waals surface area contributed by atoms with E-state index in [0.717, 1.165) is 35.0 Å². The van der Waals surface area contributed by atoms with E-state index >= 15 is 0 Å². The van der Waals surface area contributed by atoms with Crippen LogP contribution in [0.3, 0.4) is 0 Å². The molecule has 1 atom stereocenters. The van der Waals surface area contributed by atoms with E-state index in [-0.39, 0.29) is 11.5 Å². The van der Waals surface area contributed by atoms with Gasteiger partial charge in [-0.05, 0) is 24.1 Å². The van der Waals surface area contributed by atoms with Crippen LogP contribution in [-0.4, -0.2) is 11.6 Å². The lowest BCUT2D eigenvalue weighted by molar-refractivity contribution is 0.317. The lowest BCUT2D eigenvalue weighted by Crippen LogP contribution is -2.15. The molecule has 1 aromatic heterocycles. The molecule has 2 aromatic rings. The van der Waals surface area contributed by atoms with Gasteiger partial charge >= 0.3 is 0 Å². The van der Waals surface area contributed by atoms with Crippen LogP contribution in [0.25, 0.3) is 0 Å². The van der Waals surface area contributed by atoms with Crippen LogP contribution in [-0.2, 0) is 5.41 Å². The van der Waals surface area contributed by atoms with E-state index in [4.69, 9.17) is 15.5 Å². The Balaban J connectivity index is 2.19. The van der Waals surface area contributed by atoms with E-state index in [0.29, 0.717) is 0 Å². The zero-order valence-electron chi connectivity index (χ0n) is 13.2. The lowest BCUT2D eigenvalue weighted by Gasteiger charge is -2.15. The predicted molar refractivity (Wildman–Crippen MR) is 89.1 cm³/mol. The van der Waals surface area contributed by atoms with E-state index < -0.39 is 0 Å². The molecule has 4 heteroatoms. The summed E-state index contributed by atoms with van der Waals surface area (Å²) in [6.07, 6.45) is 0.998. The first-order valence-electron chi connectivity index (χ1n) is 7.36. The Kier molecular flexibility index (Phi) is 5.01. The van der Waals surface area contributed by atoms with Gasteiger partial charge < -0.3 is 10.5 Å². The molecule has 2 rings (SSSR count). The Morgan fingerprint density at radius 1 is 1.33 bits per heavy atom. The van der Waals surface area contributed by atoms with Gasteiger partial charge in [-0.25, -0.2) is 4.98 Å². The number of thiazole rings is 1. The van der Waals surface area contributed by atoms with Crippen molar-refractivity contribution in [1.82, 2.24) is 4.98 Å². The highest BCUT2D eigenvalue weighted by atomic mass is 32.1. The number of nitrogens with two attached hydrogens (primary N) is 1. The summed E-state index contributed by atoms with van der Waals surface area (Å²) >= 11 is 1.63. The number of ether oxygens (including phenoxy) is 1. The molecule has 0 aliphatic heterocycles. The molecule has 1 heterocycles. The molecule has 1 unspecified atom stereocenters. The summed E-state index contributed by atoms with van der Waals surface area (Å²) in [5, 5.41) is 3.06. The predicted octanol–water partition coefficient (Wildman–Crippen LogP) is 4.28. The van der Waals surface area contributed by atoms with Gasteiger partial charge in [-0.2, -0.15) is 0 Å². The van der Waals surface area contributed by atoms with Gasteiger partial charge in [-0.15, -0.1) is 11.3 Å². The molecule has 0 saturated heterocycles. The molecule has 0 bridgehead atoms. The first kappa shape index (κ1) is 16.0. The molecule has 114 valence electrons. The lowest BCUT2D eigenvalue weighted by atomic mass is 9.93. The molecule has 0 saturated carbocycles. The quantitative estimate of drug-likeness (QED) is 0.897. The first-order chi connectivity index (χ1) is 9.91. The van der Waals surface area contributed by atoms with Crippen molar-refractivity contribution in [1.29, 1.82) is 0 Å². The van der Waals surface area contributed by atoms with Crippen LogP contribution in [0.1, 0.15) is 56.4 Å². The van der Waals surface area contributed by atoms with Gasteiger partial charge in [0.05, 0.1) is 18.3 Å². The number of nitrogens with zero attached hydrogens (tertiary/aromatic N) is 1. The van der Waals surface area contributed by atoms with E-state index in [1.807, 2.05) is 24.3 Å². The summed E-state index contributed by atoms with van der Waals surface area (Å²) in [4.78, 5) is 4.70. The Morgan fingerprint density at radius 3 is 2.71 bits per heavy atom. The first-order valence-corrected chi connectivity index (χ1v) is 8.24. The second-order valence-electron chi connectivity index (χ2n) is 6.22. The van der Waals surface area contributed by atoms with E-state index in [2.05, 4.69) is 33.1 Å². The summed E-state index contributed by atoms with van der Waals surface area (Å²) < 4.78 is 5.67. The van der Waals surface area contributed by atoms with Gasteiger partial charge in [0.1, 0.15) is 10.8 Å². The highest BCUT2D eigenvalue weighted by Gasteiger charge is 2.20. The molecule has 3 nitrogen and oxygen atoms in total. The van der Waals surface area contributed by atoms with Crippen LogP contribution in [0.2, 0.25) is 0 Å². The van der Waals surface area contributed by atoms with Gasteiger partial charge in [0, 0.05) is 10.8 Å². The zero-order valence-corrected chi connectivity index (χ0v) is 14.0. The van der Waals surface area contributed by atoms with Crippen LogP contribution in [0.4, 0.5) is 0 Å². The van der Waals surface area contributed by atoms with E-state index in [1.165, 1.54) is 0 Å². The number of hydrogen-bond donors (Lipinski definition) is 1. The third-order valence-corrected chi connectivity index (χ3v) is 4.17. The molecule has 0 aliphatic rings. The minimum Gasteiger partial charge on any atom is -0.494 e. The molecule has 0 fully saturated rings. The van der Waals surface area contributed by atoms with Gasteiger partial charge in [0.15, 0.2) is 0 Å². The number of rotatable bonds is 5. The topological polar surface area (TPSA) is 48.1 Å². The van der Waals surface area contributed by atoms with Crippen LogP contribution < -0.4 is 10.5 Å². The number of aromatic nitrogens is 1. The van der Waals surface area contributed by atoms with Crippen molar-refractivity contribution in [2.45, 2.75) is 45.6 Å². The average molecular weight is 304 g/mol. The Hall–Kier alpha value is -1.39. The maximum Gasteiger partial charge on any atom is 0.119 e. The van der Waals surface area contributed by atoms with Crippen molar-refractivity contribution in [3.63, 3.8) is 0 Å². The van der Waals surface area contributed by atoms with Gasteiger partial charge in [0.25, 0.3) is 0 Å². The van der Waals surface area contributed by atoms with Crippen molar-refractivity contribution in [2.75, 3.05) is 6.61 Å². The molecule has 0 aliphatic carbocycles. The molecule has 0 radical (unpaired) electrons. The number of benzene rings is 1. The summed E-state index contributed by atoms with van der Waals surface area (Å²) in [6, 6.07) is 7.80. The van der Waals surface area contributed by atoms with Crippen molar-refractivity contribution < 1.29 is 4.74 Å². The van der Waals surface area contributed by atoms with Crippen LogP contribution in [0.5, 0.6) is 5.75 Å². The summed E-state index contributed by atoms with van der Waals surface area (Å²) in [6.45, 7) is 9.31. The molecule has 2 N–H and O–H groups in total. The minimum absolute atomic E-state index is 0.0561. The third kappa shape index (κ3) is 4.05. The largest absolute Gasteiger partial charge is 0.494 e. The third-order valence-electron chi connectivity index (χ3n) is 3.25. The molecular weight excluding hydrogens is 280 g/mol. The van der Waals surface area contributed by atoms with Crippen LogP contribution in [0.15, 0.2) is 29.6 Å². The fraction of sp³-hybridized carbons (Fsp3) is 0.471. The molecule has 1 aromatic carbocycles. The monoisotopic (exact) mass is 304 g/mol. The van der Waals surface area contributed by atoms with Crippen molar-refractivity contribution in [3.05, 3.63) is 45.9 Å². The second-order valence-corrected chi connectivity index (χ2v) is 7.11. The van der Waals surface area contributed by atoms with E-state index in [1.54, 1.807) is 11.3 Å². The minimum atomic E-state index is -0.198. The van der Waals surface area contributed by atoms with E-state index in [9.17, 15) is 0 Å². The average Bonchev–Trinajstić information content (AvgIpc) is 2.94.